The molecule has 2 amide bonds. The summed E-state index contributed by atoms with van der Waals surface area (Å²) in [7, 11) is 0. The molecule has 0 unspecified atom stereocenters. The van der Waals surface area contributed by atoms with Gasteiger partial charge in [0.15, 0.2) is 5.69 Å². The third-order valence-corrected chi connectivity index (χ3v) is 2.66. The van der Waals surface area contributed by atoms with Gasteiger partial charge in [-0.3, -0.25) is 14.8 Å². The van der Waals surface area contributed by atoms with E-state index in [2.05, 4.69) is 10.5 Å². The van der Waals surface area contributed by atoms with Gasteiger partial charge < -0.3 is 9.84 Å². The lowest BCUT2D eigenvalue weighted by molar-refractivity contribution is 0.0696. The first kappa shape index (κ1) is 14.7. The van der Waals surface area contributed by atoms with E-state index in [9.17, 15) is 14.0 Å². The van der Waals surface area contributed by atoms with Crippen LogP contribution in [0.15, 0.2) is 34.9 Å². The molecule has 0 aliphatic carbocycles. The van der Waals surface area contributed by atoms with Gasteiger partial charge in [0, 0.05) is 24.6 Å². The van der Waals surface area contributed by atoms with E-state index in [1.165, 1.54) is 35.8 Å². The van der Waals surface area contributed by atoms with Crippen LogP contribution in [0.2, 0.25) is 0 Å². The second-order valence-corrected chi connectivity index (χ2v) is 4.13. The number of hydroxylamine groups is 1. The van der Waals surface area contributed by atoms with Gasteiger partial charge in [0.1, 0.15) is 11.6 Å². The Balaban J connectivity index is 1.84. The van der Waals surface area contributed by atoms with E-state index in [0.717, 1.165) is 0 Å². The maximum atomic E-state index is 12.7. The summed E-state index contributed by atoms with van der Waals surface area (Å²) in [5.74, 6) is -1.15. The van der Waals surface area contributed by atoms with Crippen LogP contribution in [0.3, 0.4) is 0 Å². The van der Waals surface area contributed by atoms with Crippen LogP contribution in [0.5, 0.6) is 0 Å². The topological polar surface area (TPSA) is 104 Å². The zero-order chi connectivity index (χ0) is 15.2. The number of amides is 2. The van der Waals surface area contributed by atoms with Crippen molar-refractivity contribution in [3.8, 4) is 0 Å². The molecule has 8 heteroatoms. The summed E-state index contributed by atoms with van der Waals surface area (Å²) in [5.41, 5.74) is 1.72. The van der Waals surface area contributed by atoms with E-state index in [0.29, 0.717) is 17.7 Å². The highest BCUT2D eigenvalue weighted by atomic mass is 19.1. The molecule has 1 aromatic carbocycles. The minimum absolute atomic E-state index is 0.0580. The standard InChI is InChI=1S/C13H12FN3O4/c14-9-3-1-8(2-4-9)12(18)15-6-5-10-7-11(17-21-10)13(19)16-20/h1-4,7,20H,5-6H2,(H,15,18)(H,16,19). The van der Waals surface area contributed by atoms with Crippen LogP contribution < -0.4 is 10.8 Å². The number of halogens is 1. The van der Waals surface area contributed by atoms with Crippen molar-refractivity contribution in [1.29, 1.82) is 0 Å². The Kier molecular flexibility index (Phi) is 4.62. The minimum atomic E-state index is -0.777. The lowest BCUT2D eigenvalue weighted by Crippen LogP contribution is -2.25. The maximum Gasteiger partial charge on any atom is 0.296 e. The van der Waals surface area contributed by atoms with E-state index in [1.807, 2.05) is 0 Å². The molecule has 7 nitrogen and oxygen atoms in total. The summed E-state index contributed by atoms with van der Waals surface area (Å²) >= 11 is 0. The van der Waals surface area contributed by atoms with Crippen molar-refractivity contribution in [3.05, 3.63) is 53.2 Å². The van der Waals surface area contributed by atoms with Gasteiger partial charge >= 0.3 is 0 Å². The van der Waals surface area contributed by atoms with Crippen LogP contribution >= 0.6 is 0 Å². The Hall–Kier alpha value is -2.74. The van der Waals surface area contributed by atoms with Gasteiger partial charge in [0.25, 0.3) is 11.8 Å². The molecule has 0 aliphatic rings. The Morgan fingerprint density at radius 3 is 2.62 bits per heavy atom. The van der Waals surface area contributed by atoms with Crippen LogP contribution in [0.25, 0.3) is 0 Å². The number of aromatic nitrogens is 1. The summed E-state index contributed by atoms with van der Waals surface area (Å²) in [6, 6.07) is 6.51. The van der Waals surface area contributed by atoms with Gasteiger partial charge in [0.2, 0.25) is 0 Å². The summed E-state index contributed by atoms with van der Waals surface area (Å²) in [5, 5.41) is 14.5. The van der Waals surface area contributed by atoms with Crippen LogP contribution in [0.1, 0.15) is 26.6 Å². The highest BCUT2D eigenvalue weighted by Gasteiger charge is 2.12. The van der Waals surface area contributed by atoms with Gasteiger partial charge in [-0.05, 0) is 24.3 Å². The summed E-state index contributed by atoms with van der Waals surface area (Å²) in [6.45, 7) is 0.256. The first-order chi connectivity index (χ1) is 10.1. The van der Waals surface area contributed by atoms with E-state index < -0.39 is 11.7 Å². The third-order valence-electron chi connectivity index (χ3n) is 2.66. The predicted octanol–water partition coefficient (Wildman–Crippen LogP) is 0.905. The molecular formula is C13H12FN3O4. The van der Waals surface area contributed by atoms with Crippen molar-refractivity contribution in [2.45, 2.75) is 6.42 Å². The van der Waals surface area contributed by atoms with Gasteiger partial charge in [-0.25, -0.2) is 9.87 Å². The maximum absolute atomic E-state index is 12.7. The van der Waals surface area contributed by atoms with Crippen LogP contribution in [0, 0.1) is 5.82 Å². The molecule has 3 N–H and O–H groups in total. The Morgan fingerprint density at radius 1 is 1.24 bits per heavy atom. The number of hydrogen-bond acceptors (Lipinski definition) is 5. The monoisotopic (exact) mass is 293 g/mol. The normalized spacial score (nSPS) is 10.2. The first-order valence-electron chi connectivity index (χ1n) is 6.04. The Bertz CT molecular complexity index is 639. The third kappa shape index (κ3) is 3.86. The first-order valence-corrected chi connectivity index (χ1v) is 6.04. The smallest absolute Gasteiger partial charge is 0.296 e. The number of carbonyl (C=O) groups excluding carboxylic acids is 2. The number of nitrogens with one attached hydrogen (secondary N) is 2. The molecule has 0 saturated carbocycles. The average Bonchev–Trinajstić information content (AvgIpc) is 2.96. The van der Waals surface area contributed by atoms with Gasteiger partial charge in [-0.1, -0.05) is 5.16 Å². The number of benzene rings is 1. The fourth-order valence-corrected chi connectivity index (χ4v) is 1.60. The highest BCUT2D eigenvalue weighted by Crippen LogP contribution is 2.05. The lowest BCUT2D eigenvalue weighted by Gasteiger charge is -2.03. The van der Waals surface area contributed by atoms with Crippen LogP contribution in [0.4, 0.5) is 4.39 Å². The second-order valence-electron chi connectivity index (χ2n) is 4.13. The number of rotatable bonds is 5. The SMILES string of the molecule is O=C(NCCc1cc(C(=O)NO)no1)c1ccc(F)cc1. The molecule has 0 fully saturated rings. The van der Waals surface area contributed by atoms with Gasteiger partial charge in [-0.2, -0.15) is 0 Å². The number of hydrogen-bond donors (Lipinski definition) is 3. The molecule has 1 heterocycles. The molecule has 110 valence electrons. The van der Waals surface area contributed by atoms with E-state index in [1.54, 1.807) is 0 Å². The predicted molar refractivity (Wildman–Crippen MR) is 68.2 cm³/mol. The van der Waals surface area contributed by atoms with Crippen molar-refractivity contribution in [2.75, 3.05) is 6.54 Å². The number of carbonyl (C=O) groups is 2. The van der Waals surface area contributed by atoms with Crippen LogP contribution in [-0.2, 0) is 6.42 Å². The number of nitrogens with zero attached hydrogens (tertiary/aromatic N) is 1. The fraction of sp³-hybridized carbons (Fsp3) is 0.154. The van der Waals surface area contributed by atoms with E-state index in [-0.39, 0.29) is 18.1 Å². The molecule has 0 aliphatic heterocycles. The van der Waals surface area contributed by atoms with Crippen molar-refractivity contribution in [1.82, 2.24) is 16.0 Å². The lowest BCUT2D eigenvalue weighted by atomic mass is 10.2. The minimum Gasteiger partial charge on any atom is -0.361 e. The van der Waals surface area contributed by atoms with Crippen molar-refractivity contribution >= 4 is 11.8 Å². The Morgan fingerprint density at radius 2 is 1.95 bits per heavy atom. The molecule has 0 bridgehead atoms. The van der Waals surface area contributed by atoms with E-state index in [4.69, 9.17) is 9.73 Å². The molecule has 0 spiro atoms. The van der Waals surface area contributed by atoms with Crippen LogP contribution in [-0.4, -0.2) is 28.7 Å². The Labute approximate surface area is 118 Å². The highest BCUT2D eigenvalue weighted by molar-refractivity contribution is 5.94. The molecule has 0 saturated heterocycles. The molecule has 2 rings (SSSR count). The molecule has 2 aromatic rings. The molecule has 1 aromatic heterocycles. The largest absolute Gasteiger partial charge is 0.361 e. The van der Waals surface area contributed by atoms with Crippen molar-refractivity contribution in [2.24, 2.45) is 0 Å². The van der Waals surface area contributed by atoms with E-state index >= 15 is 0 Å². The summed E-state index contributed by atoms with van der Waals surface area (Å²) in [6.07, 6.45) is 0.318. The van der Waals surface area contributed by atoms with Crippen molar-refractivity contribution in [3.63, 3.8) is 0 Å². The summed E-state index contributed by atoms with van der Waals surface area (Å²) in [4.78, 5) is 22.8. The summed E-state index contributed by atoms with van der Waals surface area (Å²) < 4.78 is 17.6. The molecule has 21 heavy (non-hydrogen) atoms. The zero-order valence-corrected chi connectivity index (χ0v) is 10.8. The average molecular weight is 293 g/mol. The quantitative estimate of drug-likeness (QED) is 0.561. The fourth-order valence-electron chi connectivity index (χ4n) is 1.60. The second kappa shape index (κ2) is 6.62. The zero-order valence-electron chi connectivity index (χ0n) is 10.8. The molecule has 0 radical (unpaired) electrons. The van der Waals surface area contributed by atoms with Crippen molar-refractivity contribution < 1.29 is 23.7 Å². The van der Waals surface area contributed by atoms with Gasteiger partial charge in [0.05, 0.1) is 0 Å². The molecular weight excluding hydrogens is 281 g/mol. The molecule has 0 atom stereocenters. The van der Waals surface area contributed by atoms with Gasteiger partial charge in [-0.15, -0.1) is 0 Å².